The molecule has 24 heavy (non-hydrogen) atoms. The van der Waals surface area contributed by atoms with Gasteiger partial charge in [-0.1, -0.05) is 6.07 Å². The number of nitrogens with zero attached hydrogens (tertiary/aromatic N) is 2. The van der Waals surface area contributed by atoms with Gasteiger partial charge in [-0.05, 0) is 40.5 Å². The largest absolute Gasteiger partial charge is 0.481 e. The summed E-state index contributed by atoms with van der Waals surface area (Å²) in [6.07, 6.45) is 1.65. The molecule has 0 radical (unpaired) electrons. The van der Waals surface area contributed by atoms with Gasteiger partial charge in [-0.15, -0.1) is 11.3 Å². The lowest BCUT2D eigenvalue weighted by molar-refractivity contribution is -0.147. The molecule has 0 amide bonds. The molecule has 8 heteroatoms. The normalized spacial score (nSPS) is 10.8. The van der Waals surface area contributed by atoms with Crippen molar-refractivity contribution >= 4 is 38.2 Å². The maximum absolute atomic E-state index is 11.8. The molecule has 0 unspecified atom stereocenters. The van der Waals surface area contributed by atoms with Crippen LogP contribution in [0.2, 0.25) is 0 Å². The van der Waals surface area contributed by atoms with E-state index in [9.17, 15) is 9.59 Å². The summed E-state index contributed by atoms with van der Waals surface area (Å²) in [5.74, 6) is 0.0320. The summed E-state index contributed by atoms with van der Waals surface area (Å²) in [5.41, 5.74) is 1.29. The van der Waals surface area contributed by atoms with Crippen LogP contribution in [0.4, 0.5) is 0 Å². The lowest BCUT2D eigenvalue weighted by Gasteiger charge is -2.09. The van der Waals surface area contributed by atoms with E-state index in [1.54, 1.807) is 17.6 Å². The third-order valence-corrected chi connectivity index (χ3v) is 4.55. The molecule has 0 saturated carbocycles. The quantitative estimate of drug-likeness (QED) is 0.606. The Morgan fingerprint density at radius 3 is 3.00 bits per heavy atom. The number of aromatic nitrogens is 2. The van der Waals surface area contributed by atoms with Crippen LogP contribution in [0.1, 0.15) is 11.3 Å². The van der Waals surface area contributed by atoms with Crippen molar-refractivity contribution in [3.63, 3.8) is 0 Å². The zero-order valence-electron chi connectivity index (χ0n) is 12.7. The van der Waals surface area contributed by atoms with Gasteiger partial charge in [0.25, 0.3) is 5.56 Å². The number of thiazole rings is 1. The van der Waals surface area contributed by atoms with Crippen LogP contribution >= 0.6 is 27.3 Å². The molecule has 0 bridgehead atoms. The van der Waals surface area contributed by atoms with Crippen LogP contribution in [0.25, 0.3) is 4.96 Å². The monoisotopic (exact) mass is 408 g/mol. The Hall–Kier alpha value is -2.19. The maximum atomic E-state index is 11.8. The fourth-order valence-electron chi connectivity index (χ4n) is 2.02. The Morgan fingerprint density at radius 1 is 1.38 bits per heavy atom. The number of ether oxygens (including phenoxy) is 2. The van der Waals surface area contributed by atoms with Gasteiger partial charge < -0.3 is 9.47 Å². The van der Waals surface area contributed by atoms with Gasteiger partial charge in [0.15, 0.2) is 11.6 Å². The molecular formula is C16H13BrN2O4S. The summed E-state index contributed by atoms with van der Waals surface area (Å²) in [4.78, 5) is 28.5. The van der Waals surface area contributed by atoms with Crippen LogP contribution in [0.3, 0.4) is 0 Å². The molecule has 2 heterocycles. The zero-order valence-corrected chi connectivity index (χ0v) is 15.1. The van der Waals surface area contributed by atoms with Crippen molar-refractivity contribution < 1.29 is 14.3 Å². The minimum atomic E-state index is -0.532. The highest BCUT2D eigenvalue weighted by Crippen LogP contribution is 2.25. The number of carbonyl (C=O) groups excluding carboxylic acids is 1. The highest BCUT2D eigenvalue weighted by Gasteiger charge is 2.09. The first-order chi connectivity index (χ1) is 11.5. The number of halogens is 1. The van der Waals surface area contributed by atoms with Crippen LogP contribution in [-0.4, -0.2) is 22.0 Å². The second-order valence-corrected chi connectivity index (χ2v) is 6.75. The molecule has 0 fully saturated rings. The molecular weight excluding hydrogens is 396 g/mol. The van der Waals surface area contributed by atoms with Gasteiger partial charge in [-0.3, -0.25) is 9.20 Å². The smallest absolute Gasteiger partial charge is 0.344 e. The number of hydrogen-bond acceptors (Lipinski definition) is 6. The van der Waals surface area contributed by atoms with Gasteiger partial charge in [0, 0.05) is 17.6 Å². The standard InChI is InChI=1S/C16H13BrN2O4S/c1-10-2-3-13(12(17)6-10)22-9-15(21)23-8-11-7-14(20)19-4-5-24-16(19)18-11/h2-7H,8-9H2,1H3. The third-order valence-electron chi connectivity index (χ3n) is 3.17. The Morgan fingerprint density at radius 2 is 2.21 bits per heavy atom. The lowest BCUT2D eigenvalue weighted by Crippen LogP contribution is -2.17. The van der Waals surface area contributed by atoms with E-state index in [-0.39, 0.29) is 18.8 Å². The number of fused-ring (bicyclic) bond motifs is 1. The molecule has 0 aliphatic rings. The molecule has 0 saturated heterocycles. The van der Waals surface area contributed by atoms with Crippen molar-refractivity contribution in [2.75, 3.05) is 6.61 Å². The van der Waals surface area contributed by atoms with Gasteiger partial charge in [0.2, 0.25) is 0 Å². The average Bonchev–Trinajstić information content (AvgIpc) is 3.01. The molecule has 3 aromatic rings. The van der Waals surface area contributed by atoms with Gasteiger partial charge in [-0.25, -0.2) is 9.78 Å². The van der Waals surface area contributed by atoms with Crippen molar-refractivity contribution in [1.29, 1.82) is 0 Å². The van der Waals surface area contributed by atoms with Crippen molar-refractivity contribution in [3.05, 3.63) is 61.9 Å². The van der Waals surface area contributed by atoms with Crippen LogP contribution in [-0.2, 0) is 16.1 Å². The van der Waals surface area contributed by atoms with Gasteiger partial charge in [-0.2, -0.15) is 0 Å². The number of hydrogen-bond donors (Lipinski definition) is 0. The number of benzene rings is 1. The molecule has 0 spiro atoms. The molecule has 6 nitrogen and oxygen atoms in total. The van der Waals surface area contributed by atoms with E-state index in [1.807, 2.05) is 19.1 Å². The molecule has 0 atom stereocenters. The maximum Gasteiger partial charge on any atom is 0.344 e. The van der Waals surface area contributed by atoms with Gasteiger partial charge >= 0.3 is 5.97 Å². The second kappa shape index (κ2) is 7.14. The van der Waals surface area contributed by atoms with Crippen LogP contribution < -0.4 is 10.3 Å². The number of esters is 1. The first-order valence-corrected chi connectivity index (χ1v) is 8.70. The molecule has 0 N–H and O–H groups in total. The van der Waals surface area contributed by atoms with E-state index in [4.69, 9.17) is 9.47 Å². The molecule has 0 aliphatic carbocycles. The summed E-state index contributed by atoms with van der Waals surface area (Å²) < 4.78 is 12.7. The SMILES string of the molecule is Cc1ccc(OCC(=O)OCc2cc(=O)n3ccsc3n2)c(Br)c1. The Bertz CT molecular complexity index is 951. The first kappa shape index (κ1) is 16.7. The van der Waals surface area contributed by atoms with E-state index in [0.29, 0.717) is 16.4 Å². The van der Waals surface area contributed by atoms with Gasteiger partial charge in [0.1, 0.15) is 12.4 Å². The van der Waals surface area contributed by atoms with Crippen LogP contribution in [0, 0.1) is 6.92 Å². The lowest BCUT2D eigenvalue weighted by atomic mass is 10.2. The highest BCUT2D eigenvalue weighted by atomic mass is 79.9. The number of aryl methyl sites for hydroxylation is 1. The minimum Gasteiger partial charge on any atom is -0.481 e. The summed E-state index contributed by atoms with van der Waals surface area (Å²) in [5, 5.41) is 1.77. The van der Waals surface area contributed by atoms with Crippen molar-refractivity contribution in [2.24, 2.45) is 0 Å². The Balaban J connectivity index is 1.57. The molecule has 0 aliphatic heterocycles. The zero-order chi connectivity index (χ0) is 17.1. The highest BCUT2D eigenvalue weighted by molar-refractivity contribution is 9.10. The molecule has 3 rings (SSSR count). The Labute approximate surface area is 149 Å². The Kier molecular flexibility index (Phi) is 4.96. The summed E-state index contributed by atoms with van der Waals surface area (Å²) in [7, 11) is 0. The van der Waals surface area contributed by atoms with Crippen molar-refractivity contribution in [3.8, 4) is 5.75 Å². The fraction of sp³-hybridized carbons (Fsp3) is 0.188. The fourth-order valence-corrected chi connectivity index (χ4v) is 3.36. The predicted octanol–water partition coefficient (Wildman–Crippen LogP) is 2.95. The minimum absolute atomic E-state index is 0.0686. The topological polar surface area (TPSA) is 69.9 Å². The van der Waals surface area contributed by atoms with E-state index < -0.39 is 5.97 Å². The van der Waals surface area contributed by atoms with E-state index >= 15 is 0 Å². The summed E-state index contributed by atoms with van der Waals surface area (Å²) in [6.45, 7) is 1.67. The summed E-state index contributed by atoms with van der Waals surface area (Å²) >= 11 is 4.72. The van der Waals surface area contributed by atoms with Crippen molar-refractivity contribution in [2.45, 2.75) is 13.5 Å². The number of carbonyl (C=O) groups is 1. The third kappa shape index (κ3) is 3.82. The first-order valence-electron chi connectivity index (χ1n) is 7.03. The van der Waals surface area contributed by atoms with Crippen molar-refractivity contribution in [1.82, 2.24) is 9.38 Å². The van der Waals surface area contributed by atoms with Crippen LogP contribution in [0.5, 0.6) is 5.75 Å². The predicted molar refractivity (Wildman–Crippen MR) is 93.5 cm³/mol. The number of rotatable bonds is 5. The molecule has 1 aromatic carbocycles. The van der Waals surface area contributed by atoms with Gasteiger partial charge in [0.05, 0.1) is 10.2 Å². The van der Waals surface area contributed by atoms with E-state index in [1.165, 1.54) is 21.8 Å². The van der Waals surface area contributed by atoms with E-state index in [0.717, 1.165) is 10.0 Å². The molecule has 2 aromatic heterocycles. The average molecular weight is 409 g/mol. The van der Waals surface area contributed by atoms with Crippen LogP contribution in [0.15, 0.2) is 45.1 Å². The summed E-state index contributed by atoms with van der Waals surface area (Å²) in [6, 6.07) is 6.91. The second-order valence-electron chi connectivity index (χ2n) is 5.02. The molecule has 124 valence electrons. The van der Waals surface area contributed by atoms with E-state index in [2.05, 4.69) is 20.9 Å².